The second-order valence-electron chi connectivity index (χ2n) is 7.34. The minimum Gasteiger partial charge on any atom is -0.390 e. The summed E-state index contributed by atoms with van der Waals surface area (Å²) in [4.78, 5) is 12.5. The third-order valence-corrected chi connectivity index (χ3v) is 4.47. The molecule has 3 rings (SSSR count). The summed E-state index contributed by atoms with van der Waals surface area (Å²) in [5.74, 6) is 0. The van der Waals surface area contributed by atoms with E-state index in [0.29, 0.717) is 6.42 Å². The molecule has 0 spiro atoms. The van der Waals surface area contributed by atoms with Crippen molar-refractivity contribution in [3.63, 3.8) is 0 Å². The summed E-state index contributed by atoms with van der Waals surface area (Å²) < 4.78 is 0. The first kappa shape index (κ1) is 16.5. The van der Waals surface area contributed by atoms with Gasteiger partial charge in [-0.05, 0) is 28.2 Å². The smallest absolute Gasteiger partial charge is 0.319 e. The highest BCUT2D eigenvalue weighted by atomic mass is 16.3. The third-order valence-electron chi connectivity index (χ3n) is 4.47. The Morgan fingerprint density at radius 1 is 1.08 bits per heavy atom. The van der Waals surface area contributed by atoms with E-state index in [1.165, 1.54) is 0 Å². The van der Waals surface area contributed by atoms with Crippen LogP contribution < -0.4 is 10.6 Å². The summed E-state index contributed by atoms with van der Waals surface area (Å²) in [5.41, 5.74) is 3.88. The number of anilines is 1. The molecule has 0 bridgehead atoms. The number of rotatable bonds is 2. The zero-order valence-corrected chi connectivity index (χ0v) is 14.3. The van der Waals surface area contributed by atoms with Gasteiger partial charge in [0, 0.05) is 12.1 Å². The third kappa shape index (κ3) is 3.29. The van der Waals surface area contributed by atoms with E-state index in [2.05, 4.69) is 31.4 Å². The molecular formula is C20H24N2O2. The molecule has 0 unspecified atom stereocenters. The Hall–Kier alpha value is -2.33. The number of urea groups is 1. The van der Waals surface area contributed by atoms with E-state index < -0.39 is 6.10 Å². The molecule has 0 saturated carbocycles. The van der Waals surface area contributed by atoms with Crippen molar-refractivity contribution in [2.75, 3.05) is 5.32 Å². The highest BCUT2D eigenvalue weighted by Crippen LogP contribution is 2.32. The maximum Gasteiger partial charge on any atom is 0.319 e. The number of hydrogen-bond acceptors (Lipinski definition) is 2. The number of para-hydroxylation sites is 1. The molecular weight excluding hydrogens is 300 g/mol. The van der Waals surface area contributed by atoms with Crippen molar-refractivity contribution in [1.82, 2.24) is 5.32 Å². The van der Waals surface area contributed by atoms with Crippen molar-refractivity contribution in [2.45, 2.75) is 44.8 Å². The molecule has 1 aliphatic rings. The number of aliphatic hydroxyl groups excluding tert-OH is 1. The SMILES string of the molecule is CC(C)(C)c1ccccc1NC(=O)N[C@@H]1c2ccccc2C[C@@H]1O. The fourth-order valence-electron chi connectivity index (χ4n) is 3.29. The van der Waals surface area contributed by atoms with E-state index >= 15 is 0 Å². The molecule has 0 radical (unpaired) electrons. The van der Waals surface area contributed by atoms with Gasteiger partial charge in [0.1, 0.15) is 0 Å². The number of benzene rings is 2. The highest BCUT2D eigenvalue weighted by Gasteiger charge is 2.32. The minimum absolute atomic E-state index is 0.0661. The van der Waals surface area contributed by atoms with Crippen LogP contribution in [0.1, 0.15) is 43.5 Å². The van der Waals surface area contributed by atoms with Crippen LogP contribution in [0.15, 0.2) is 48.5 Å². The van der Waals surface area contributed by atoms with Gasteiger partial charge in [-0.2, -0.15) is 0 Å². The largest absolute Gasteiger partial charge is 0.390 e. The summed E-state index contributed by atoms with van der Waals surface area (Å²) >= 11 is 0. The van der Waals surface area contributed by atoms with Crippen LogP contribution in [0.25, 0.3) is 0 Å². The predicted molar refractivity (Wildman–Crippen MR) is 96.2 cm³/mol. The van der Waals surface area contributed by atoms with Gasteiger partial charge in [-0.3, -0.25) is 0 Å². The molecule has 2 aromatic rings. The zero-order chi connectivity index (χ0) is 17.3. The summed E-state index contributed by atoms with van der Waals surface area (Å²) in [7, 11) is 0. The predicted octanol–water partition coefficient (Wildman–Crippen LogP) is 3.76. The van der Waals surface area contributed by atoms with Crippen molar-refractivity contribution >= 4 is 11.7 Å². The molecule has 24 heavy (non-hydrogen) atoms. The Morgan fingerprint density at radius 3 is 2.50 bits per heavy atom. The van der Waals surface area contributed by atoms with Crippen LogP contribution in [-0.4, -0.2) is 17.2 Å². The number of carbonyl (C=O) groups is 1. The average molecular weight is 324 g/mol. The molecule has 0 saturated heterocycles. The first-order chi connectivity index (χ1) is 11.4. The molecule has 126 valence electrons. The van der Waals surface area contributed by atoms with Gasteiger partial charge in [0.05, 0.1) is 12.1 Å². The molecule has 3 N–H and O–H groups in total. The first-order valence-electron chi connectivity index (χ1n) is 8.29. The van der Waals surface area contributed by atoms with E-state index in [4.69, 9.17) is 0 Å². The molecule has 2 amide bonds. The average Bonchev–Trinajstić information content (AvgIpc) is 2.83. The van der Waals surface area contributed by atoms with Crippen LogP contribution in [0.2, 0.25) is 0 Å². The molecule has 4 nitrogen and oxygen atoms in total. The second kappa shape index (κ2) is 6.29. The van der Waals surface area contributed by atoms with Crippen molar-refractivity contribution in [3.05, 3.63) is 65.2 Å². The Kier molecular flexibility index (Phi) is 4.33. The molecule has 2 aromatic carbocycles. The minimum atomic E-state index is -0.592. The number of hydrogen-bond donors (Lipinski definition) is 3. The fourth-order valence-corrected chi connectivity index (χ4v) is 3.29. The quantitative estimate of drug-likeness (QED) is 0.787. The van der Waals surface area contributed by atoms with E-state index in [1.54, 1.807) is 0 Å². The Bertz CT molecular complexity index is 749. The molecule has 4 heteroatoms. The monoisotopic (exact) mass is 324 g/mol. The maximum absolute atomic E-state index is 12.5. The normalized spacial score (nSPS) is 19.7. The summed E-state index contributed by atoms with van der Waals surface area (Å²) in [6.45, 7) is 6.34. The lowest BCUT2D eigenvalue weighted by molar-refractivity contribution is 0.144. The van der Waals surface area contributed by atoms with E-state index in [0.717, 1.165) is 22.4 Å². The summed E-state index contributed by atoms with van der Waals surface area (Å²) in [6, 6.07) is 15.0. The number of nitrogens with one attached hydrogen (secondary N) is 2. The highest BCUT2D eigenvalue weighted by molar-refractivity contribution is 5.90. The zero-order valence-electron chi connectivity index (χ0n) is 14.3. The van der Waals surface area contributed by atoms with E-state index in [1.807, 2.05) is 48.5 Å². The van der Waals surface area contributed by atoms with Gasteiger partial charge in [0.2, 0.25) is 0 Å². The first-order valence-corrected chi connectivity index (χ1v) is 8.29. The van der Waals surface area contributed by atoms with Gasteiger partial charge in [0.15, 0.2) is 0 Å². The van der Waals surface area contributed by atoms with Gasteiger partial charge >= 0.3 is 6.03 Å². The molecule has 0 aromatic heterocycles. The van der Waals surface area contributed by atoms with Gasteiger partial charge in [-0.1, -0.05) is 63.2 Å². The van der Waals surface area contributed by atoms with Crippen LogP contribution in [0.3, 0.4) is 0 Å². The van der Waals surface area contributed by atoms with Gasteiger partial charge in [0.25, 0.3) is 0 Å². The van der Waals surface area contributed by atoms with Crippen molar-refractivity contribution in [2.24, 2.45) is 0 Å². The van der Waals surface area contributed by atoms with Crippen molar-refractivity contribution in [1.29, 1.82) is 0 Å². The molecule has 0 heterocycles. The Morgan fingerprint density at radius 2 is 1.75 bits per heavy atom. The second-order valence-corrected chi connectivity index (χ2v) is 7.34. The lowest BCUT2D eigenvalue weighted by Gasteiger charge is -2.24. The Balaban J connectivity index is 1.76. The number of fused-ring (bicyclic) bond motifs is 1. The molecule has 2 atom stereocenters. The Labute approximate surface area is 142 Å². The summed E-state index contributed by atoms with van der Waals surface area (Å²) in [5, 5.41) is 16.1. The van der Waals surface area contributed by atoms with Crippen LogP contribution in [0.4, 0.5) is 10.5 Å². The fraction of sp³-hybridized carbons (Fsp3) is 0.350. The lowest BCUT2D eigenvalue weighted by Crippen LogP contribution is -2.37. The van der Waals surface area contributed by atoms with Crippen LogP contribution in [0, 0.1) is 0 Å². The topological polar surface area (TPSA) is 61.4 Å². The van der Waals surface area contributed by atoms with Crippen molar-refractivity contribution in [3.8, 4) is 0 Å². The summed E-state index contributed by atoms with van der Waals surface area (Å²) in [6.07, 6.45) is -0.0225. The van der Waals surface area contributed by atoms with Crippen LogP contribution in [0.5, 0.6) is 0 Å². The molecule has 0 fully saturated rings. The number of aliphatic hydroxyl groups is 1. The van der Waals surface area contributed by atoms with Crippen molar-refractivity contribution < 1.29 is 9.90 Å². The van der Waals surface area contributed by atoms with E-state index in [9.17, 15) is 9.90 Å². The van der Waals surface area contributed by atoms with Crippen LogP contribution >= 0.6 is 0 Å². The van der Waals surface area contributed by atoms with Gasteiger partial charge in [-0.25, -0.2) is 4.79 Å². The standard InChI is InChI=1S/C20H24N2O2/c1-20(2,3)15-10-6-7-11-16(15)21-19(24)22-18-14-9-5-4-8-13(14)12-17(18)23/h4-11,17-18,23H,12H2,1-3H3,(H2,21,22,24)/t17-,18+/m0/s1. The lowest BCUT2D eigenvalue weighted by atomic mass is 9.86. The molecule has 1 aliphatic carbocycles. The maximum atomic E-state index is 12.5. The van der Waals surface area contributed by atoms with Crippen LogP contribution in [-0.2, 0) is 11.8 Å². The molecule has 0 aliphatic heterocycles. The van der Waals surface area contributed by atoms with E-state index in [-0.39, 0.29) is 17.5 Å². The van der Waals surface area contributed by atoms with Gasteiger partial charge in [-0.15, -0.1) is 0 Å². The number of amides is 2. The number of carbonyl (C=O) groups excluding carboxylic acids is 1. The van der Waals surface area contributed by atoms with Gasteiger partial charge < -0.3 is 15.7 Å².